The topological polar surface area (TPSA) is 79.5 Å². The number of carbonyl (C=O) groups excluding carboxylic acids is 1. The molecule has 17 heavy (non-hydrogen) atoms. The van der Waals surface area contributed by atoms with Gasteiger partial charge in [0.05, 0.1) is 22.3 Å². The fraction of sp³-hybridized carbons (Fsp3) is 0.200. The summed E-state index contributed by atoms with van der Waals surface area (Å²) in [5.41, 5.74) is 5.93. The van der Waals surface area contributed by atoms with Crippen LogP contribution in [-0.2, 0) is 0 Å². The first kappa shape index (κ1) is 12.0. The number of guanidine groups is 1. The molecule has 1 aliphatic rings. The van der Waals surface area contributed by atoms with Gasteiger partial charge in [-0.05, 0) is 12.1 Å². The number of hydrogen-bond acceptors (Lipinski definition) is 4. The lowest BCUT2D eigenvalue weighted by molar-refractivity contribution is 0.100. The highest BCUT2D eigenvalue weighted by Gasteiger charge is 2.13. The number of anilines is 1. The predicted molar refractivity (Wildman–Crippen MR) is 68.9 cm³/mol. The maximum absolute atomic E-state index is 11.0. The molecule has 0 radical (unpaired) electrons. The number of amides is 1. The van der Waals surface area contributed by atoms with Gasteiger partial charge in [-0.3, -0.25) is 9.79 Å². The summed E-state index contributed by atoms with van der Waals surface area (Å²) in [6.45, 7) is 1.48. The first-order valence-corrected chi connectivity index (χ1v) is 5.67. The van der Waals surface area contributed by atoms with Crippen LogP contribution in [0, 0.1) is 0 Å². The maximum atomic E-state index is 11.0. The van der Waals surface area contributed by atoms with Crippen LogP contribution in [0.1, 0.15) is 10.4 Å². The van der Waals surface area contributed by atoms with Crippen molar-refractivity contribution in [1.29, 1.82) is 0 Å². The second-order valence-electron chi connectivity index (χ2n) is 3.46. The molecule has 0 spiro atoms. The number of nitrogens with zero attached hydrogens (tertiary/aromatic N) is 1. The standard InChI is InChI=1S/C10H10Cl2N4O/c11-6-3-5(9(13)17)4-7(12)8(6)16-10-14-1-2-15-10/h3-4H,1-2H2,(H2,13,17)(H2,14,15,16). The molecule has 0 aromatic heterocycles. The van der Waals surface area contributed by atoms with Crippen molar-refractivity contribution < 1.29 is 4.79 Å². The van der Waals surface area contributed by atoms with E-state index in [1.165, 1.54) is 12.1 Å². The Hall–Kier alpha value is -1.46. The molecule has 0 saturated heterocycles. The summed E-state index contributed by atoms with van der Waals surface area (Å²) >= 11 is 12.0. The van der Waals surface area contributed by atoms with E-state index in [0.717, 1.165) is 6.54 Å². The van der Waals surface area contributed by atoms with Crippen LogP contribution >= 0.6 is 23.2 Å². The van der Waals surface area contributed by atoms with Gasteiger partial charge in [0, 0.05) is 12.1 Å². The van der Waals surface area contributed by atoms with Crippen molar-refractivity contribution in [3.05, 3.63) is 27.7 Å². The Balaban J connectivity index is 2.31. The average Bonchev–Trinajstić information content (AvgIpc) is 2.75. The quantitative estimate of drug-likeness (QED) is 0.763. The predicted octanol–water partition coefficient (Wildman–Crippen LogP) is 1.46. The molecule has 2 rings (SSSR count). The van der Waals surface area contributed by atoms with Crippen LogP contribution in [0.2, 0.25) is 10.0 Å². The van der Waals surface area contributed by atoms with E-state index in [-0.39, 0.29) is 5.56 Å². The monoisotopic (exact) mass is 272 g/mol. The lowest BCUT2D eigenvalue weighted by Gasteiger charge is -2.11. The molecule has 90 valence electrons. The number of hydrogen-bond donors (Lipinski definition) is 3. The number of benzene rings is 1. The van der Waals surface area contributed by atoms with Crippen LogP contribution in [-0.4, -0.2) is 25.0 Å². The van der Waals surface area contributed by atoms with E-state index in [1.54, 1.807) is 0 Å². The van der Waals surface area contributed by atoms with Gasteiger partial charge in [-0.1, -0.05) is 23.2 Å². The van der Waals surface area contributed by atoms with Crippen molar-refractivity contribution in [2.24, 2.45) is 10.7 Å². The fourth-order valence-corrected chi connectivity index (χ4v) is 2.02. The molecule has 0 aliphatic carbocycles. The molecule has 1 heterocycles. The summed E-state index contributed by atoms with van der Waals surface area (Å²) < 4.78 is 0. The van der Waals surface area contributed by atoms with Gasteiger partial charge in [0.2, 0.25) is 5.91 Å². The average molecular weight is 273 g/mol. The summed E-state index contributed by atoms with van der Waals surface area (Å²) in [5, 5.41) is 6.64. The number of nitrogens with one attached hydrogen (secondary N) is 2. The van der Waals surface area contributed by atoms with Crippen LogP contribution in [0.4, 0.5) is 5.69 Å². The minimum Gasteiger partial charge on any atom is -0.366 e. The Morgan fingerprint density at radius 1 is 1.41 bits per heavy atom. The number of aliphatic imine (C=N–C) groups is 1. The summed E-state index contributed by atoms with van der Waals surface area (Å²) in [7, 11) is 0. The summed E-state index contributed by atoms with van der Waals surface area (Å²) in [6, 6.07) is 2.93. The molecule has 0 saturated carbocycles. The van der Waals surface area contributed by atoms with Gasteiger partial charge >= 0.3 is 0 Å². The van der Waals surface area contributed by atoms with E-state index < -0.39 is 5.91 Å². The van der Waals surface area contributed by atoms with E-state index >= 15 is 0 Å². The highest BCUT2D eigenvalue weighted by Crippen LogP contribution is 2.31. The van der Waals surface area contributed by atoms with Crippen LogP contribution in [0.15, 0.2) is 17.1 Å². The molecular weight excluding hydrogens is 263 g/mol. The van der Waals surface area contributed by atoms with Crippen LogP contribution in [0.25, 0.3) is 0 Å². The lowest BCUT2D eigenvalue weighted by atomic mass is 10.2. The van der Waals surface area contributed by atoms with E-state index in [0.29, 0.717) is 28.2 Å². The Morgan fingerprint density at radius 2 is 2.06 bits per heavy atom. The van der Waals surface area contributed by atoms with Crippen molar-refractivity contribution in [2.75, 3.05) is 18.4 Å². The molecule has 7 heteroatoms. The minimum absolute atomic E-state index is 0.270. The molecular formula is C10H10Cl2N4O. The van der Waals surface area contributed by atoms with Gasteiger partial charge in [0.15, 0.2) is 5.96 Å². The molecule has 1 aliphatic heterocycles. The molecule has 0 fully saturated rings. The second-order valence-corrected chi connectivity index (χ2v) is 4.28. The third-order valence-corrected chi connectivity index (χ3v) is 2.84. The minimum atomic E-state index is -0.573. The fourth-order valence-electron chi connectivity index (χ4n) is 1.43. The number of nitrogens with two attached hydrogens (primary N) is 1. The van der Waals surface area contributed by atoms with Crippen LogP contribution < -0.4 is 16.4 Å². The zero-order valence-electron chi connectivity index (χ0n) is 8.76. The Kier molecular flexibility index (Phi) is 3.40. The van der Waals surface area contributed by atoms with Gasteiger partial charge in [-0.25, -0.2) is 0 Å². The zero-order valence-corrected chi connectivity index (χ0v) is 10.3. The van der Waals surface area contributed by atoms with E-state index in [2.05, 4.69) is 15.6 Å². The van der Waals surface area contributed by atoms with Crippen molar-refractivity contribution in [2.45, 2.75) is 0 Å². The third kappa shape index (κ3) is 2.62. The zero-order chi connectivity index (χ0) is 12.4. The number of rotatable bonds is 2. The van der Waals surface area contributed by atoms with E-state index in [9.17, 15) is 4.79 Å². The maximum Gasteiger partial charge on any atom is 0.248 e. The molecule has 0 atom stereocenters. The first-order valence-electron chi connectivity index (χ1n) is 4.92. The molecule has 1 amide bonds. The summed E-state index contributed by atoms with van der Waals surface area (Å²) in [4.78, 5) is 15.2. The molecule has 4 N–H and O–H groups in total. The van der Waals surface area contributed by atoms with E-state index in [1.807, 2.05) is 0 Å². The van der Waals surface area contributed by atoms with Gasteiger partial charge in [-0.2, -0.15) is 0 Å². The molecule has 1 aromatic rings. The second kappa shape index (κ2) is 4.81. The summed E-state index contributed by atoms with van der Waals surface area (Å²) in [6.07, 6.45) is 0. The lowest BCUT2D eigenvalue weighted by Crippen LogP contribution is -2.26. The molecule has 1 aromatic carbocycles. The Morgan fingerprint density at radius 3 is 2.53 bits per heavy atom. The van der Waals surface area contributed by atoms with E-state index in [4.69, 9.17) is 28.9 Å². The van der Waals surface area contributed by atoms with Crippen molar-refractivity contribution >= 4 is 40.8 Å². The number of carbonyl (C=O) groups is 1. The SMILES string of the molecule is NC(=O)c1cc(Cl)c(NC2=NCCN2)c(Cl)c1. The third-order valence-electron chi connectivity index (χ3n) is 2.24. The van der Waals surface area contributed by atoms with Crippen LogP contribution in [0.5, 0.6) is 0 Å². The highest BCUT2D eigenvalue weighted by atomic mass is 35.5. The molecule has 5 nitrogen and oxygen atoms in total. The van der Waals surface area contributed by atoms with Crippen molar-refractivity contribution in [3.8, 4) is 0 Å². The van der Waals surface area contributed by atoms with Crippen molar-refractivity contribution in [3.63, 3.8) is 0 Å². The van der Waals surface area contributed by atoms with Crippen molar-refractivity contribution in [1.82, 2.24) is 5.32 Å². The van der Waals surface area contributed by atoms with Gasteiger partial charge in [0.25, 0.3) is 0 Å². The van der Waals surface area contributed by atoms with Gasteiger partial charge in [-0.15, -0.1) is 0 Å². The highest BCUT2D eigenvalue weighted by molar-refractivity contribution is 6.40. The first-order chi connectivity index (χ1) is 8.08. The van der Waals surface area contributed by atoms with Gasteiger partial charge in [0.1, 0.15) is 0 Å². The van der Waals surface area contributed by atoms with Crippen LogP contribution in [0.3, 0.4) is 0 Å². The summed E-state index contributed by atoms with van der Waals surface area (Å²) in [5.74, 6) is 0.0392. The van der Waals surface area contributed by atoms with Gasteiger partial charge < -0.3 is 16.4 Å². The smallest absolute Gasteiger partial charge is 0.248 e. The number of halogens is 2. The largest absolute Gasteiger partial charge is 0.366 e. The Bertz CT molecular complexity index is 478. The molecule has 0 unspecified atom stereocenters. The Labute approximate surface area is 108 Å². The molecule has 0 bridgehead atoms. The normalized spacial score (nSPS) is 14.1. The number of primary amides is 1.